The van der Waals surface area contributed by atoms with Gasteiger partial charge in [-0.3, -0.25) is 15.6 Å². The Morgan fingerprint density at radius 2 is 1.96 bits per heavy atom. The Balaban J connectivity index is 1.76. The molecule has 1 aliphatic rings. The number of rotatable bonds is 5. The molecule has 1 aliphatic heterocycles. The molecule has 1 aromatic rings. The van der Waals surface area contributed by atoms with Crippen LogP contribution in [0, 0.1) is 5.92 Å². The summed E-state index contributed by atoms with van der Waals surface area (Å²) in [6.45, 7) is 2.16. The number of sulfone groups is 1. The summed E-state index contributed by atoms with van der Waals surface area (Å²) in [5.74, 6) is -0.892. The molecule has 24 heavy (non-hydrogen) atoms. The molecule has 1 atom stereocenters. The lowest BCUT2D eigenvalue weighted by Crippen LogP contribution is -2.46. The Kier molecular flexibility index (Phi) is 6.56. The quantitative estimate of drug-likeness (QED) is 0.542. The first-order valence-corrected chi connectivity index (χ1v) is 10.3. The molecule has 1 heterocycles. The van der Waals surface area contributed by atoms with E-state index in [0.717, 1.165) is 24.9 Å². The van der Waals surface area contributed by atoms with Crippen LogP contribution in [-0.2, 0) is 21.1 Å². The Bertz CT molecular complexity index is 687. The van der Waals surface area contributed by atoms with Gasteiger partial charge in [0.05, 0.1) is 17.4 Å². The predicted molar refractivity (Wildman–Crippen MR) is 99.3 cm³/mol. The van der Waals surface area contributed by atoms with Crippen molar-refractivity contribution >= 4 is 38.8 Å². The van der Waals surface area contributed by atoms with Gasteiger partial charge in [0.25, 0.3) is 0 Å². The van der Waals surface area contributed by atoms with Gasteiger partial charge in [-0.2, -0.15) is 0 Å². The van der Waals surface area contributed by atoms with Gasteiger partial charge in [-0.15, -0.1) is 0 Å². The molecule has 6 nitrogen and oxygen atoms in total. The standard InChI is InChI=1S/C16H23N3O3S2/c1-2-3-4-12-5-7-14(8-6-12)17-16(23)19-18-15(20)13-9-10-24(21,22)11-13/h5-8,13H,2-4,9-11H2,1H3,(H,18,20)(H2,17,19,23)/t13-/m0/s1. The van der Waals surface area contributed by atoms with Gasteiger partial charge in [0.1, 0.15) is 0 Å². The topological polar surface area (TPSA) is 87.3 Å². The first kappa shape index (κ1) is 18.7. The molecule has 0 aromatic heterocycles. The number of carbonyl (C=O) groups is 1. The monoisotopic (exact) mass is 369 g/mol. The zero-order valence-electron chi connectivity index (χ0n) is 13.7. The molecule has 1 saturated heterocycles. The van der Waals surface area contributed by atoms with E-state index in [0.29, 0.717) is 6.42 Å². The van der Waals surface area contributed by atoms with Crippen LogP contribution >= 0.6 is 12.2 Å². The van der Waals surface area contributed by atoms with Crippen molar-refractivity contribution in [2.45, 2.75) is 32.6 Å². The third kappa shape index (κ3) is 5.76. The summed E-state index contributed by atoms with van der Waals surface area (Å²) < 4.78 is 22.8. The third-order valence-corrected chi connectivity index (χ3v) is 5.91. The van der Waals surface area contributed by atoms with Gasteiger partial charge < -0.3 is 5.32 Å². The average molecular weight is 370 g/mol. The van der Waals surface area contributed by atoms with E-state index in [-0.39, 0.29) is 22.5 Å². The second kappa shape index (κ2) is 8.43. The Labute approximate surface area is 148 Å². The fourth-order valence-electron chi connectivity index (χ4n) is 2.52. The number of aryl methyl sites for hydroxylation is 1. The van der Waals surface area contributed by atoms with Crippen LogP contribution in [-0.4, -0.2) is 30.9 Å². The summed E-state index contributed by atoms with van der Waals surface area (Å²) in [5, 5.41) is 3.23. The van der Waals surface area contributed by atoms with E-state index < -0.39 is 15.8 Å². The normalized spacial score (nSPS) is 18.8. The van der Waals surface area contributed by atoms with E-state index in [1.165, 1.54) is 5.56 Å². The first-order valence-electron chi connectivity index (χ1n) is 8.06. The lowest BCUT2D eigenvalue weighted by molar-refractivity contribution is -0.124. The van der Waals surface area contributed by atoms with Crippen molar-refractivity contribution in [1.82, 2.24) is 10.9 Å². The molecule has 0 bridgehead atoms. The number of nitrogens with one attached hydrogen (secondary N) is 3. The molecule has 1 amide bonds. The van der Waals surface area contributed by atoms with Crippen LogP contribution in [0.3, 0.4) is 0 Å². The summed E-state index contributed by atoms with van der Waals surface area (Å²) in [5.41, 5.74) is 7.17. The third-order valence-electron chi connectivity index (χ3n) is 3.93. The van der Waals surface area contributed by atoms with Crippen LogP contribution < -0.4 is 16.2 Å². The molecule has 3 N–H and O–H groups in total. The van der Waals surface area contributed by atoms with Crippen LogP contribution in [0.5, 0.6) is 0 Å². The minimum atomic E-state index is -3.08. The van der Waals surface area contributed by atoms with Crippen molar-refractivity contribution < 1.29 is 13.2 Å². The highest BCUT2D eigenvalue weighted by Gasteiger charge is 2.32. The fraction of sp³-hybridized carbons (Fsp3) is 0.500. The minimum absolute atomic E-state index is 0.0676. The van der Waals surface area contributed by atoms with Gasteiger partial charge >= 0.3 is 0 Å². The maximum absolute atomic E-state index is 11.9. The summed E-state index contributed by atoms with van der Waals surface area (Å²) in [7, 11) is -3.08. The average Bonchev–Trinajstić information content (AvgIpc) is 2.92. The van der Waals surface area contributed by atoms with Gasteiger partial charge in [-0.25, -0.2) is 8.42 Å². The molecular weight excluding hydrogens is 346 g/mol. The highest BCUT2D eigenvalue weighted by atomic mass is 32.2. The van der Waals surface area contributed by atoms with E-state index in [2.05, 4.69) is 23.1 Å². The summed E-state index contributed by atoms with van der Waals surface area (Å²) in [4.78, 5) is 11.9. The number of anilines is 1. The van der Waals surface area contributed by atoms with Gasteiger partial charge in [-0.1, -0.05) is 25.5 Å². The van der Waals surface area contributed by atoms with Gasteiger partial charge in [0, 0.05) is 5.69 Å². The number of hydrogen-bond donors (Lipinski definition) is 3. The fourth-order valence-corrected chi connectivity index (χ4v) is 4.43. The van der Waals surface area contributed by atoms with Crippen LogP contribution in [0.25, 0.3) is 0 Å². The summed E-state index contributed by atoms with van der Waals surface area (Å²) >= 11 is 5.12. The van der Waals surface area contributed by atoms with Crippen molar-refractivity contribution in [3.05, 3.63) is 29.8 Å². The molecule has 8 heteroatoms. The molecule has 0 saturated carbocycles. The second-order valence-electron chi connectivity index (χ2n) is 5.97. The Hall–Kier alpha value is -1.67. The van der Waals surface area contributed by atoms with Gasteiger partial charge in [0.2, 0.25) is 5.91 Å². The van der Waals surface area contributed by atoms with Crippen LogP contribution in [0.15, 0.2) is 24.3 Å². The van der Waals surface area contributed by atoms with E-state index >= 15 is 0 Å². The summed E-state index contributed by atoms with van der Waals surface area (Å²) in [6.07, 6.45) is 3.74. The zero-order valence-corrected chi connectivity index (χ0v) is 15.3. The molecule has 0 unspecified atom stereocenters. The molecular formula is C16H23N3O3S2. The van der Waals surface area contributed by atoms with Crippen LogP contribution in [0.4, 0.5) is 5.69 Å². The number of unbranched alkanes of at least 4 members (excludes halogenated alkanes) is 1. The van der Waals surface area contributed by atoms with Crippen molar-refractivity contribution in [3.8, 4) is 0 Å². The largest absolute Gasteiger partial charge is 0.331 e. The van der Waals surface area contributed by atoms with E-state index in [1.807, 2.05) is 24.3 Å². The zero-order chi connectivity index (χ0) is 17.6. The van der Waals surface area contributed by atoms with Gasteiger partial charge in [0.15, 0.2) is 14.9 Å². The van der Waals surface area contributed by atoms with Crippen molar-refractivity contribution in [3.63, 3.8) is 0 Å². The Morgan fingerprint density at radius 3 is 2.54 bits per heavy atom. The SMILES string of the molecule is CCCCc1ccc(NC(=S)NNC(=O)[C@H]2CCS(=O)(=O)C2)cc1. The number of carbonyl (C=O) groups excluding carboxylic acids is 1. The predicted octanol–water partition coefficient (Wildman–Crippen LogP) is 1.78. The molecule has 0 radical (unpaired) electrons. The van der Waals surface area contributed by atoms with E-state index in [9.17, 15) is 13.2 Å². The molecule has 1 fully saturated rings. The lowest BCUT2D eigenvalue weighted by atomic mass is 10.1. The summed E-state index contributed by atoms with van der Waals surface area (Å²) in [6, 6.07) is 7.96. The maximum atomic E-state index is 11.9. The van der Waals surface area contributed by atoms with Crippen molar-refractivity contribution in [2.24, 2.45) is 5.92 Å². The smallest absolute Gasteiger partial charge is 0.242 e. The number of amides is 1. The van der Waals surface area contributed by atoms with Gasteiger partial charge in [-0.05, 0) is 49.2 Å². The van der Waals surface area contributed by atoms with Crippen molar-refractivity contribution in [1.29, 1.82) is 0 Å². The molecule has 2 rings (SSSR count). The number of hydrogen-bond acceptors (Lipinski definition) is 4. The number of thiocarbonyl (C=S) groups is 1. The Morgan fingerprint density at radius 1 is 1.25 bits per heavy atom. The lowest BCUT2D eigenvalue weighted by Gasteiger charge is -2.14. The molecule has 0 aliphatic carbocycles. The molecule has 0 spiro atoms. The maximum Gasteiger partial charge on any atom is 0.242 e. The second-order valence-corrected chi connectivity index (χ2v) is 8.61. The van der Waals surface area contributed by atoms with Crippen molar-refractivity contribution in [2.75, 3.05) is 16.8 Å². The minimum Gasteiger partial charge on any atom is -0.331 e. The highest BCUT2D eigenvalue weighted by Crippen LogP contribution is 2.18. The highest BCUT2D eigenvalue weighted by molar-refractivity contribution is 7.91. The molecule has 1 aromatic carbocycles. The van der Waals surface area contributed by atoms with E-state index in [4.69, 9.17) is 12.2 Å². The van der Waals surface area contributed by atoms with E-state index in [1.54, 1.807) is 0 Å². The first-order chi connectivity index (χ1) is 11.4. The molecule has 132 valence electrons. The number of benzene rings is 1. The van der Waals surface area contributed by atoms with Crippen LogP contribution in [0.2, 0.25) is 0 Å². The van der Waals surface area contributed by atoms with Crippen LogP contribution in [0.1, 0.15) is 31.7 Å². The number of hydrazine groups is 1.